The fourth-order valence-corrected chi connectivity index (χ4v) is 2.93. The maximum absolute atomic E-state index is 12.4. The van der Waals surface area contributed by atoms with E-state index in [-0.39, 0.29) is 11.9 Å². The predicted molar refractivity (Wildman–Crippen MR) is 77.9 cm³/mol. The third kappa shape index (κ3) is 3.04. The Balaban J connectivity index is 2.21. The first-order chi connectivity index (χ1) is 8.99. The average Bonchev–Trinajstić information content (AvgIpc) is 2.79. The zero-order valence-electron chi connectivity index (χ0n) is 11.4. The number of carbonyl (C=O) groups is 1. The van der Waals surface area contributed by atoms with Crippen LogP contribution in [-0.2, 0) is 10.8 Å². The molecule has 0 fully saturated rings. The minimum atomic E-state index is -0.903. The molecule has 102 valence electrons. The van der Waals surface area contributed by atoms with E-state index in [1.807, 2.05) is 48.0 Å². The summed E-state index contributed by atoms with van der Waals surface area (Å²) in [6, 6.07) is 7.65. The Hall–Kier alpha value is -1.62. The maximum Gasteiger partial charge on any atom is 0.255 e. The minimum absolute atomic E-state index is 0.0401. The first-order valence-electron chi connectivity index (χ1n) is 6.13. The molecule has 0 saturated heterocycles. The average molecular weight is 278 g/mol. The smallest absolute Gasteiger partial charge is 0.255 e. The van der Waals surface area contributed by atoms with Crippen LogP contribution in [0.25, 0.3) is 5.52 Å². The van der Waals surface area contributed by atoms with E-state index in [0.29, 0.717) is 11.3 Å². The Morgan fingerprint density at radius 3 is 2.84 bits per heavy atom. The summed E-state index contributed by atoms with van der Waals surface area (Å²) < 4.78 is 13.1. The fraction of sp³-hybridized carbons (Fsp3) is 0.357. The molecule has 0 N–H and O–H groups in total. The topological polar surface area (TPSA) is 41.8 Å². The van der Waals surface area contributed by atoms with Crippen molar-refractivity contribution in [2.24, 2.45) is 0 Å². The number of aromatic nitrogens is 1. The van der Waals surface area contributed by atoms with Gasteiger partial charge >= 0.3 is 0 Å². The maximum atomic E-state index is 12.4. The summed E-state index contributed by atoms with van der Waals surface area (Å²) in [5.41, 5.74) is 1.65. The molecule has 0 bridgehead atoms. The van der Waals surface area contributed by atoms with E-state index in [2.05, 4.69) is 0 Å². The largest absolute Gasteiger partial charge is 0.338 e. The molecule has 0 unspecified atom stereocenters. The van der Waals surface area contributed by atoms with Gasteiger partial charge in [-0.2, -0.15) is 0 Å². The van der Waals surface area contributed by atoms with Crippen LogP contribution in [0.2, 0.25) is 0 Å². The van der Waals surface area contributed by atoms with E-state index in [1.54, 1.807) is 18.2 Å². The monoisotopic (exact) mass is 278 g/mol. The van der Waals surface area contributed by atoms with Crippen LogP contribution < -0.4 is 0 Å². The van der Waals surface area contributed by atoms with Gasteiger partial charge in [-0.05, 0) is 25.1 Å². The van der Waals surface area contributed by atoms with Crippen molar-refractivity contribution in [2.75, 3.05) is 19.1 Å². The van der Waals surface area contributed by atoms with Gasteiger partial charge < -0.3 is 9.30 Å². The highest BCUT2D eigenvalue weighted by molar-refractivity contribution is 7.84. The van der Waals surface area contributed by atoms with Gasteiger partial charge in [0.2, 0.25) is 0 Å². The molecule has 2 heterocycles. The van der Waals surface area contributed by atoms with Gasteiger partial charge in [-0.25, -0.2) is 0 Å². The lowest BCUT2D eigenvalue weighted by molar-refractivity contribution is 0.0757. The van der Waals surface area contributed by atoms with Crippen molar-refractivity contribution in [1.82, 2.24) is 9.30 Å². The summed E-state index contributed by atoms with van der Waals surface area (Å²) in [6.07, 6.45) is 5.39. The van der Waals surface area contributed by atoms with Crippen LogP contribution in [0.1, 0.15) is 17.3 Å². The summed E-state index contributed by atoms with van der Waals surface area (Å²) in [7, 11) is 0.849. The van der Waals surface area contributed by atoms with Crippen LogP contribution in [0, 0.1) is 0 Å². The molecule has 0 radical (unpaired) electrons. The van der Waals surface area contributed by atoms with E-state index >= 15 is 0 Å². The van der Waals surface area contributed by atoms with Gasteiger partial charge in [0, 0.05) is 53.8 Å². The Bertz CT molecular complexity index is 588. The van der Waals surface area contributed by atoms with Crippen molar-refractivity contribution in [3.63, 3.8) is 0 Å². The van der Waals surface area contributed by atoms with Crippen LogP contribution in [0.5, 0.6) is 0 Å². The second-order valence-corrected chi connectivity index (χ2v) is 6.25. The van der Waals surface area contributed by atoms with E-state index in [4.69, 9.17) is 0 Å². The van der Waals surface area contributed by atoms with Gasteiger partial charge in [0.05, 0.1) is 5.56 Å². The van der Waals surface area contributed by atoms with Crippen LogP contribution >= 0.6 is 0 Å². The van der Waals surface area contributed by atoms with Crippen molar-refractivity contribution in [3.05, 3.63) is 42.2 Å². The number of amides is 1. The number of hydrogen-bond donors (Lipinski definition) is 0. The van der Waals surface area contributed by atoms with E-state index in [9.17, 15) is 9.00 Å². The fourth-order valence-electron chi connectivity index (χ4n) is 2.03. The van der Waals surface area contributed by atoms with Crippen LogP contribution in [0.4, 0.5) is 0 Å². The number of pyridine rings is 1. The normalized spacial score (nSPS) is 14.3. The quantitative estimate of drug-likeness (QED) is 0.855. The number of fused-ring (bicyclic) bond motifs is 1. The number of carbonyl (C=O) groups excluding carboxylic acids is 1. The molecule has 2 aromatic heterocycles. The SMILES string of the molecule is C[C@H](C[S@@](C)=O)N(C)C(=O)c1cc2ccccn2c1. The third-order valence-electron chi connectivity index (χ3n) is 3.21. The molecule has 0 aromatic carbocycles. The Morgan fingerprint density at radius 2 is 2.21 bits per heavy atom. The predicted octanol–water partition coefficient (Wildman–Crippen LogP) is 1.78. The molecule has 0 aliphatic heterocycles. The van der Waals surface area contributed by atoms with E-state index in [0.717, 1.165) is 5.52 Å². The van der Waals surface area contributed by atoms with Crippen molar-refractivity contribution in [3.8, 4) is 0 Å². The van der Waals surface area contributed by atoms with Crippen molar-refractivity contribution in [2.45, 2.75) is 13.0 Å². The van der Waals surface area contributed by atoms with Crippen molar-refractivity contribution >= 4 is 22.2 Å². The van der Waals surface area contributed by atoms with Gasteiger partial charge in [-0.1, -0.05) is 6.07 Å². The van der Waals surface area contributed by atoms with E-state index in [1.165, 1.54) is 0 Å². The van der Waals surface area contributed by atoms with Crippen molar-refractivity contribution in [1.29, 1.82) is 0 Å². The molecule has 0 aliphatic rings. The molecule has 1 amide bonds. The van der Waals surface area contributed by atoms with Gasteiger partial charge in [-0.3, -0.25) is 9.00 Å². The summed E-state index contributed by atoms with van der Waals surface area (Å²) in [5, 5.41) is 0. The van der Waals surface area contributed by atoms with Gasteiger partial charge in [0.25, 0.3) is 5.91 Å². The minimum Gasteiger partial charge on any atom is -0.338 e. The lowest BCUT2D eigenvalue weighted by Crippen LogP contribution is -2.38. The molecule has 2 rings (SSSR count). The molecular formula is C14H18N2O2S. The molecule has 4 nitrogen and oxygen atoms in total. The van der Waals surface area contributed by atoms with Crippen LogP contribution in [-0.4, -0.2) is 44.5 Å². The van der Waals surface area contributed by atoms with E-state index < -0.39 is 10.8 Å². The molecule has 0 spiro atoms. The second-order valence-electron chi connectivity index (χ2n) is 4.77. The van der Waals surface area contributed by atoms with Crippen molar-refractivity contribution < 1.29 is 9.00 Å². The summed E-state index contributed by atoms with van der Waals surface area (Å²) in [6.45, 7) is 1.91. The highest BCUT2D eigenvalue weighted by Gasteiger charge is 2.19. The molecular weight excluding hydrogens is 260 g/mol. The lowest BCUT2D eigenvalue weighted by Gasteiger charge is -2.23. The highest BCUT2D eigenvalue weighted by atomic mass is 32.2. The molecule has 0 saturated carbocycles. The highest BCUT2D eigenvalue weighted by Crippen LogP contribution is 2.13. The van der Waals surface area contributed by atoms with Gasteiger partial charge in [0.15, 0.2) is 0 Å². The van der Waals surface area contributed by atoms with Gasteiger partial charge in [0.1, 0.15) is 0 Å². The molecule has 0 aliphatic carbocycles. The third-order valence-corrected chi connectivity index (χ3v) is 4.16. The molecule has 2 atom stereocenters. The Labute approximate surface area is 115 Å². The van der Waals surface area contributed by atoms with Crippen LogP contribution in [0.15, 0.2) is 36.7 Å². The van der Waals surface area contributed by atoms with Crippen LogP contribution in [0.3, 0.4) is 0 Å². The Kier molecular flexibility index (Phi) is 4.04. The zero-order chi connectivity index (χ0) is 14.0. The number of rotatable bonds is 4. The summed E-state index contributed by atoms with van der Waals surface area (Å²) in [4.78, 5) is 14.0. The summed E-state index contributed by atoms with van der Waals surface area (Å²) >= 11 is 0. The first kappa shape index (κ1) is 13.8. The second kappa shape index (κ2) is 5.57. The molecule has 5 heteroatoms. The number of nitrogens with zero attached hydrogens (tertiary/aromatic N) is 2. The Morgan fingerprint density at radius 1 is 1.47 bits per heavy atom. The lowest BCUT2D eigenvalue weighted by atomic mass is 10.2. The number of hydrogen-bond acceptors (Lipinski definition) is 2. The first-order valence-corrected chi connectivity index (χ1v) is 7.85. The zero-order valence-corrected chi connectivity index (χ0v) is 12.2. The molecule has 2 aromatic rings. The summed E-state index contributed by atoms with van der Waals surface area (Å²) in [5.74, 6) is 0.456. The van der Waals surface area contributed by atoms with Gasteiger partial charge in [-0.15, -0.1) is 0 Å². The molecule has 19 heavy (non-hydrogen) atoms. The standard InChI is InChI=1S/C14H18N2O2S/c1-11(10-19(3)18)15(2)14(17)12-8-13-6-4-5-7-16(13)9-12/h4-9,11H,10H2,1-3H3/t11-,19-/m1/s1.